The predicted octanol–water partition coefficient (Wildman–Crippen LogP) is 2.43. The standard InChI is InChI=1S/C18H20N6O/c1-12-18(23-15-6-4-3-5-14(15)21-12)24-8-7-13(10-24)22-16-9-17(25-2)20-11-19-16/h3-6,9,11,13H,7-8,10H2,1-2H3,(H,19,20,22). The first kappa shape index (κ1) is 15.6. The monoisotopic (exact) mass is 336 g/mol. The minimum atomic E-state index is 0.298. The highest BCUT2D eigenvalue weighted by Crippen LogP contribution is 2.25. The Labute approximate surface area is 146 Å². The quantitative estimate of drug-likeness (QED) is 0.784. The molecule has 3 aromatic rings. The van der Waals surface area contributed by atoms with E-state index in [1.165, 1.54) is 6.33 Å². The Morgan fingerprint density at radius 2 is 1.96 bits per heavy atom. The van der Waals surface area contributed by atoms with E-state index >= 15 is 0 Å². The van der Waals surface area contributed by atoms with E-state index in [0.29, 0.717) is 11.9 Å². The number of hydrogen-bond acceptors (Lipinski definition) is 7. The Balaban J connectivity index is 1.51. The van der Waals surface area contributed by atoms with Gasteiger partial charge in [-0.3, -0.25) is 0 Å². The highest BCUT2D eigenvalue weighted by molar-refractivity contribution is 5.76. The van der Waals surface area contributed by atoms with Gasteiger partial charge in [0.25, 0.3) is 0 Å². The zero-order valence-corrected chi connectivity index (χ0v) is 14.3. The molecule has 128 valence electrons. The lowest BCUT2D eigenvalue weighted by molar-refractivity contribution is 0.397. The summed E-state index contributed by atoms with van der Waals surface area (Å²) < 4.78 is 5.15. The van der Waals surface area contributed by atoms with Gasteiger partial charge in [-0.1, -0.05) is 12.1 Å². The third kappa shape index (κ3) is 3.17. The largest absolute Gasteiger partial charge is 0.481 e. The van der Waals surface area contributed by atoms with Gasteiger partial charge >= 0.3 is 0 Å². The van der Waals surface area contributed by atoms with E-state index in [0.717, 1.165) is 47.9 Å². The number of aromatic nitrogens is 4. The van der Waals surface area contributed by atoms with Crippen molar-refractivity contribution >= 4 is 22.7 Å². The summed E-state index contributed by atoms with van der Waals surface area (Å²) in [4.78, 5) is 20.1. The second kappa shape index (κ2) is 6.51. The maximum absolute atomic E-state index is 5.15. The number of anilines is 2. The molecule has 3 heterocycles. The number of ether oxygens (including phenoxy) is 1. The van der Waals surface area contributed by atoms with Gasteiger partial charge in [0.15, 0.2) is 5.82 Å². The molecule has 4 rings (SSSR count). The normalized spacial score (nSPS) is 17.0. The number of methoxy groups -OCH3 is 1. The molecule has 0 saturated carbocycles. The molecule has 1 N–H and O–H groups in total. The van der Waals surface area contributed by atoms with E-state index in [2.05, 4.69) is 20.2 Å². The Morgan fingerprint density at radius 3 is 2.76 bits per heavy atom. The van der Waals surface area contributed by atoms with Crippen LogP contribution in [0.2, 0.25) is 0 Å². The zero-order chi connectivity index (χ0) is 17.2. The van der Waals surface area contributed by atoms with Gasteiger partial charge in [0.1, 0.15) is 12.1 Å². The van der Waals surface area contributed by atoms with Crippen molar-refractivity contribution in [3.63, 3.8) is 0 Å². The molecule has 0 spiro atoms. The van der Waals surface area contributed by atoms with Crippen LogP contribution in [0.25, 0.3) is 11.0 Å². The molecular formula is C18H20N6O. The predicted molar refractivity (Wildman–Crippen MR) is 97.1 cm³/mol. The van der Waals surface area contributed by atoms with E-state index in [1.54, 1.807) is 7.11 Å². The van der Waals surface area contributed by atoms with Crippen molar-refractivity contribution in [3.05, 3.63) is 42.4 Å². The minimum absolute atomic E-state index is 0.298. The van der Waals surface area contributed by atoms with Gasteiger partial charge in [0.2, 0.25) is 5.88 Å². The topological polar surface area (TPSA) is 76.1 Å². The summed E-state index contributed by atoms with van der Waals surface area (Å²) in [6, 6.07) is 10.1. The number of benzene rings is 1. The SMILES string of the molecule is COc1cc(NC2CCN(c3nc4ccccc4nc3C)C2)ncn1. The van der Waals surface area contributed by atoms with Gasteiger partial charge in [0.05, 0.1) is 23.8 Å². The van der Waals surface area contributed by atoms with Crippen molar-refractivity contribution < 1.29 is 4.74 Å². The van der Waals surface area contributed by atoms with Crippen molar-refractivity contribution in [2.45, 2.75) is 19.4 Å². The highest BCUT2D eigenvalue weighted by Gasteiger charge is 2.25. The first-order valence-electron chi connectivity index (χ1n) is 8.34. The van der Waals surface area contributed by atoms with Gasteiger partial charge in [-0.25, -0.2) is 19.9 Å². The summed E-state index contributed by atoms with van der Waals surface area (Å²) in [5.41, 5.74) is 2.83. The molecule has 0 bridgehead atoms. The third-order valence-electron chi connectivity index (χ3n) is 4.41. The molecule has 7 heteroatoms. The lowest BCUT2D eigenvalue weighted by Gasteiger charge is -2.20. The Bertz CT molecular complexity index is 900. The first-order chi connectivity index (χ1) is 12.2. The molecule has 25 heavy (non-hydrogen) atoms. The van der Waals surface area contributed by atoms with Gasteiger partial charge < -0.3 is 15.0 Å². The summed E-state index contributed by atoms with van der Waals surface area (Å²) in [6.45, 7) is 3.82. The molecule has 1 unspecified atom stereocenters. The zero-order valence-electron chi connectivity index (χ0n) is 14.3. The fraction of sp³-hybridized carbons (Fsp3) is 0.333. The van der Waals surface area contributed by atoms with Crippen LogP contribution in [0.5, 0.6) is 5.88 Å². The van der Waals surface area contributed by atoms with E-state index in [4.69, 9.17) is 14.7 Å². The molecule has 0 radical (unpaired) electrons. The van der Waals surface area contributed by atoms with Crippen molar-refractivity contribution in [2.75, 3.05) is 30.4 Å². The van der Waals surface area contributed by atoms with Gasteiger partial charge in [-0.15, -0.1) is 0 Å². The molecule has 1 aliphatic rings. The summed E-state index contributed by atoms with van der Waals surface area (Å²) in [5.74, 6) is 2.30. The molecule has 1 aliphatic heterocycles. The highest BCUT2D eigenvalue weighted by atomic mass is 16.5. The summed E-state index contributed by atoms with van der Waals surface area (Å²) >= 11 is 0. The maximum atomic E-state index is 5.15. The van der Waals surface area contributed by atoms with Gasteiger partial charge in [-0.05, 0) is 25.5 Å². The molecule has 2 aromatic heterocycles. The number of para-hydroxylation sites is 2. The van der Waals surface area contributed by atoms with Crippen LogP contribution in [0.3, 0.4) is 0 Å². The lowest BCUT2D eigenvalue weighted by atomic mass is 10.2. The van der Waals surface area contributed by atoms with Crippen molar-refractivity contribution in [1.29, 1.82) is 0 Å². The van der Waals surface area contributed by atoms with Crippen LogP contribution >= 0.6 is 0 Å². The Morgan fingerprint density at radius 1 is 1.16 bits per heavy atom. The number of hydrogen-bond donors (Lipinski definition) is 1. The van der Waals surface area contributed by atoms with Crippen LogP contribution in [0.4, 0.5) is 11.6 Å². The number of nitrogens with one attached hydrogen (secondary N) is 1. The number of nitrogens with zero attached hydrogens (tertiary/aromatic N) is 5. The number of aryl methyl sites for hydroxylation is 1. The fourth-order valence-electron chi connectivity index (χ4n) is 3.19. The molecule has 1 atom stereocenters. The second-order valence-corrected chi connectivity index (χ2v) is 6.14. The molecule has 0 amide bonds. The molecule has 1 saturated heterocycles. The summed E-state index contributed by atoms with van der Waals surface area (Å²) in [5, 5.41) is 3.45. The van der Waals surface area contributed by atoms with E-state index in [9.17, 15) is 0 Å². The van der Waals surface area contributed by atoms with Crippen molar-refractivity contribution in [1.82, 2.24) is 19.9 Å². The van der Waals surface area contributed by atoms with Crippen molar-refractivity contribution in [2.24, 2.45) is 0 Å². The van der Waals surface area contributed by atoms with Crippen LogP contribution < -0.4 is 15.0 Å². The van der Waals surface area contributed by atoms with Crippen LogP contribution in [0.1, 0.15) is 12.1 Å². The van der Waals surface area contributed by atoms with E-state index < -0.39 is 0 Å². The third-order valence-corrected chi connectivity index (χ3v) is 4.41. The van der Waals surface area contributed by atoms with Crippen LogP contribution in [0, 0.1) is 6.92 Å². The molecule has 0 aliphatic carbocycles. The van der Waals surface area contributed by atoms with E-state index in [1.807, 2.05) is 37.3 Å². The Kier molecular flexibility index (Phi) is 4.05. The van der Waals surface area contributed by atoms with Gasteiger partial charge in [-0.2, -0.15) is 0 Å². The molecule has 7 nitrogen and oxygen atoms in total. The maximum Gasteiger partial charge on any atom is 0.218 e. The average molecular weight is 336 g/mol. The van der Waals surface area contributed by atoms with Crippen LogP contribution in [-0.2, 0) is 0 Å². The van der Waals surface area contributed by atoms with Crippen LogP contribution in [-0.4, -0.2) is 46.2 Å². The van der Waals surface area contributed by atoms with E-state index in [-0.39, 0.29) is 0 Å². The minimum Gasteiger partial charge on any atom is -0.481 e. The molecule has 1 fully saturated rings. The van der Waals surface area contributed by atoms with Crippen molar-refractivity contribution in [3.8, 4) is 5.88 Å². The summed E-state index contributed by atoms with van der Waals surface area (Å²) in [6.07, 6.45) is 2.52. The average Bonchev–Trinajstić information content (AvgIpc) is 3.09. The summed E-state index contributed by atoms with van der Waals surface area (Å²) in [7, 11) is 1.60. The fourth-order valence-corrected chi connectivity index (χ4v) is 3.19. The van der Waals surface area contributed by atoms with Gasteiger partial charge in [0, 0.05) is 25.2 Å². The molecule has 1 aromatic carbocycles. The number of rotatable bonds is 4. The Hall–Kier alpha value is -2.96. The number of fused-ring (bicyclic) bond motifs is 1. The first-order valence-corrected chi connectivity index (χ1v) is 8.34. The molecular weight excluding hydrogens is 316 g/mol. The lowest BCUT2D eigenvalue weighted by Crippen LogP contribution is -2.27. The smallest absolute Gasteiger partial charge is 0.218 e. The van der Waals surface area contributed by atoms with Crippen LogP contribution in [0.15, 0.2) is 36.7 Å². The second-order valence-electron chi connectivity index (χ2n) is 6.14.